The van der Waals surface area contributed by atoms with Gasteiger partial charge < -0.3 is 30.3 Å². The molecular formula is C54H118O7. The van der Waals surface area contributed by atoms with E-state index in [1.165, 1.54) is 25.7 Å². The molecule has 7 heteroatoms. The molecule has 0 aromatic carbocycles. The van der Waals surface area contributed by atoms with Gasteiger partial charge in [0.1, 0.15) is 5.78 Å². The van der Waals surface area contributed by atoms with Crippen molar-refractivity contribution in [3.63, 3.8) is 0 Å². The monoisotopic (exact) mass is 879 g/mol. The molecule has 7 nitrogen and oxygen atoms in total. The van der Waals surface area contributed by atoms with Crippen LogP contribution in [-0.2, 0) is 9.53 Å². The van der Waals surface area contributed by atoms with Crippen LogP contribution in [0.4, 0.5) is 0 Å². The molecule has 0 aliphatic heterocycles. The number of hydrogen-bond donors (Lipinski definition) is 5. The normalized spacial score (nSPS) is 14.5. The highest BCUT2D eigenvalue weighted by Gasteiger charge is 2.44. The zero-order valence-corrected chi connectivity index (χ0v) is 46.7. The van der Waals surface area contributed by atoms with E-state index in [1.54, 1.807) is 0 Å². The van der Waals surface area contributed by atoms with E-state index in [-0.39, 0.29) is 23.5 Å². The van der Waals surface area contributed by atoms with E-state index in [0.717, 1.165) is 38.7 Å². The zero-order valence-electron chi connectivity index (χ0n) is 46.7. The first kappa shape index (κ1) is 72.0. The van der Waals surface area contributed by atoms with E-state index in [1.807, 2.05) is 13.8 Å². The van der Waals surface area contributed by atoms with Gasteiger partial charge in [-0.25, -0.2) is 0 Å². The summed E-state index contributed by atoms with van der Waals surface area (Å²) in [6.45, 7) is 58.6. The van der Waals surface area contributed by atoms with Gasteiger partial charge in [0, 0.05) is 39.3 Å². The number of carbonyl (C=O) groups excluding carboxylic acids is 1. The van der Waals surface area contributed by atoms with Crippen molar-refractivity contribution in [2.75, 3.05) is 39.6 Å². The lowest BCUT2D eigenvalue weighted by Crippen LogP contribution is -2.17. The van der Waals surface area contributed by atoms with Crippen molar-refractivity contribution >= 4 is 5.78 Å². The third-order valence-corrected chi connectivity index (χ3v) is 8.47. The molecular weight excluding hydrogens is 761 g/mol. The van der Waals surface area contributed by atoms with Crippen LogP contribution < -0.4 is 0 Å². The van der Waals surface area contributed by atoms with Crippen LogP contribution in [0.2, 0.25) is 0 Å². The zero-order chi connectivity index (χ0) is 50.4. The molecule has 0 bridgehead atoms. The lowest BCUT2D eigenvalue weighted by Gasteiger charge is -2.28. The summed E-state index contributed by atoms with van der Waals surface area (Å²) < 4.78 is 5.11. The number of ether oxygens (including phenoxy) is 1. The first-order valence-corrected chi connectivity index (χ1v) is 23.9. The quantitative estimate of drug-likeness (QED) is 0.124. The minimum Gasteiger partial charge on any atom is -0.396 e. The molecule has 0 aromatic rings. The van der Waals surface area contributed by atoms with Crippen LogP contribution in [0.25, 0.3) is 0 Å². The molecule has 0 radical (unpaired) electrons. The largest absolute Gasteiger partial charge is 0.396 e. The topological polar surface area (TPSA) is 127 Å². The number of hydrogen-bond acceptors (Lipinski definition) is 7. The average molecular weight is 880 g/mol. The summed E-state index contributed by atoms with van der Waals surface area (Å²) in [4.78, 5) is 10.8. The van der Waals surface area contributed by atoms with Crippen molar-refractivity contribution in [1.29, 1.82) is 0 Å². The lowest BCUT2D eigenvalue weighted by molar-refractivity contribution is -0.120. The minimum absolute atomic E-state index is 0.129. The molecule has 5 N–H and O–H groups in total. The number of Topliss-reactive ketones (excluding diaryl/α,β-unsaturated/α-hetero) is 1. The standard InChI is InChI=1S/C9H18O.C9H20.C8H18O2.C8H16O.2C7H16O.C6H14O/c1-8(2,3)6-9(7-10)4-5-9;1-8(2,3)7-9(4,5)6;1-8(2,3)4-6-10-7-5-9;1-5-7(9)6-8(2,3)4;1-6(8)5-7(2,3)4;1-7(2,3)5-4-6-8;1-6(2,3)4-5-7/h10H,4-7H2,1-3H3;7H2,1-6H3;9H,4-7H2,1-3H3;5-6H2,1-4H3;6,8H,5H2,1-4H3;8H,4-6H2,1-3H3;7H,4-5H2,1-3H3. The first-order chi connectivity index (χ1) is 26.7. The second kappa shape index (κ2) is 33.8. The highest BCUT2D eigenvalue weighted by Crippen LogP contribution is 2.52. The summed E-state index contributed by atoms with van der Waals surface area (Å²) in [5.74, 6) is 0.363. The molecule has 376 valence electrons. The van der Waals surface area contributed by atoms with Crippen molar-refractivity contribution in [1.82, 2.24) is 0 Å². The Morgan fingerprint density at radius 1 is 0.525 bits per heavy atom. The van der Waals surface area contributed by atoms with Crippen molar-refractivity contribution in [3.05, 3.63) is 0 Å². The predicted octanol–water partition coefficient (Wildman–Crippen LogP) is 14.5. The molecule has 1 atom stereocenters. The van der Waals surface area contributed by atoms with Crippen LogP contribution in [0.1, 0.15) is 251 Å². The van der Waals surface area contributed by atoms with E-state index >= 15 is 0 Å². The molecule has 1 saturated carbocycles. The molecule has 1 unspecified atom stereocenters. The van der Waals surface area contributed by atoms with Crippen molar-refractivity contribution in [2.45, 2.75) is 257 Å². The second-order valence-corrected chi connectivity index (χ2v) is 27.5. The summed E-state index contributed by atoms with van der Waals surface area (Å²) in [6, 6.07) is 0. The van der Waals surface area contributed by atoms with E-state index in [9.17, 15) is 4.79 Å². The molecule has 61 heavy (non-hydrogen) atoms. The smallest absolute Gasteiger partial charge is 0.133 e. The fourth-order valence-electron chi connectivity index (χ4n) is 6.38. The van der Waals surface area contributed by atoms with E-state index in [4.69, 9.17) is 30.3 Å². The van der Waals surface area contributed by atoms with Crippen LogP contribution in [0.5, 0.6) is 0 Å². The van der Waals surface area contributed by atoms with Gasteiger partial charge in [-0.05, 0) is 113 Å². The summed E-state index contributed by atoms with van der Waals surface area (Å²) in [5.41, 5.74) is 3.17. The third kappa shape index (κ3) is 87.1. The van der Waals surface area contributed by atoms with Gasteiger partial charge in [-0.2, -0.15) is 0 Å². The fraction of sp³-hybridized carbons (Fsp3) is 0.981. The SMILES string of the molecule is CC(C)(C)CC(C)(C)C.CC(C)(C)CC1(CO)CC1.CC(C)(C)CCCO.CC(C)(C)CCO.CC(C)(C)CCOCCO.CC(O)CC(C)(C)C.CCC(=O)CC(C)(C)C. The van der Waals surface area contributed by atoms with Crippen LogP contribution >= 0.6 is 0 Å². The van der Waals surface area contributed by atoms with Crippen molar-refractivity contribution < 1.29 is 35.1 Å². The van der Waals surface area contributed by atoms with Gasteiger partial charge in [0.05, 0.1) is 19.3 Å². The van der Waals surface area contributed by atoms with E-state index in [2.05, 4.69) is 166 Å². The Kier molecular flexibility index (Phi) is 40.0. The number of aliphatic hydroxyl groups excluding tert-OH is 5. The van der Waals surface area contributed by atoms with Gasteiger partial charge >= 0.3 is 0 Å². The Morgan fingerprint density at radius 2 is 0.934 bits per heavy atom. The second-order valence-electron chi connectivity index (χ2n) is 27.5. The number of aliphatic hydroxyl groups is 5. The Balaban J connectivity index is -0.000000145. The maximum absolute atomic E-state index is 10.8. The number of rotatable bonds is 12. The Morgan fingerprint density at radius 3 is 1.05 bits per heavy atom. The van der Waals surface area contributed by atoms with E-state index in [0.29, 0.717) is 83.0 Å². The predicted molar refractivity (Wildman–Crippen MR) is 270 cm³/mol. The molecule has 0 heterocycles. The van der Waals surface area contributed by atoms with Gasteiger partial charge in [0.15, 0.2) is 0 Å². The maximum atomic E-state index is 10.8. The Hall–Kier alpha value is -0.570. The van der Waals surface area contributed by atoms with Crippen LogP contribution in [-0.4, -0.2) is 77.1 Å². The molecule has 0 aromatic heterocycles. The molecule has 1 aliphatic carbocycles. The average Bonchev–Trinajstić information content (AvgIpc) is 3.73. The maximum Gasteiger partial charge on any atom is 0.133 e. The molecule has 0 saturated heterocycles. The first-order valence-electron chi connectivity index (χ1n) is 23.9. The van der Waals surface area contributed by atoms with Crippen LogP contribution in [0, 0.1) is 48.7 Å². The lowest BCUT2D eigenvalue weighted by atomic mass is 9.78. The Bertz CT molecular complexity index is 958. The summed E-state index contributed by atoms with van der Waals surface area (Å²) in [7, 11) is 0. The molecule has 1 rings (SSSR count). The van der Waals surface area contributed by atoms with Crippen LogP contribution in [0.15, 0.2) is 0 Å². The molecule has 1 fully saturated rings. The summed E-state index contributed by atoms with van der Waals surface area (Å²) >= 11 is 0. The van der Waals surface area contributed by atoms with Crippen LogP contribution in [0.3, 0.4) is 0 Å². The molecule has 1 aliphatic rings. The number of carbonyl (C=O) groups is 1. The van der Waals surface area contributed by atoms with Gasteiger partial charge in [-0.1, -0.05) is 173 Å². The minimum atomic E-state index is -0.157. The highest BCUT2D eigenvalue weighted by molar-refractivity contribution is 5.78. The van der Waals surface area contributed by atoms with Gasteiger partial charge in [0.2, 0.25) is 0 Å². The fourth-order valence-corrected chi connectivity index (χ4v) is 6.38. The van der Waals surface area contributed by atoms with Crippen molar-refractivity contribution in [2.24, 2.45) is 48.7 Å². The third-order valence-electron chi connectivity index (χ3n) is 8.47. The van der Waals surface area contributed by atoms with Gasteiger partial charge in [0.25, 0.3) is 0 Å². The van der Waals surface area contributed by atoms with Gasteiger partial charge in [-0.3, -0.25) is 4.79 Å². The van der Waals surface area contributed by atoms with Gasteiger partial charge in [-0.15, -0.1) is 0 Å². The van der Waals surface area contributed by atoms with Crippen molar-refractivity contribution in [3.8, 4) is 0 Å². The highest BCUT2D eigenvalue weighted by atomic mass is 16.5. The Labute approximate surface area is 384 Å². The number of ketones is 1. The summed E-state index contributed by atoms with van der Waals surface area (Å²) in [5, 5.41) is 43.1. The summed E-state index contributed by atoms with van der Waals surface area (Å²) in [6.07, 6.45) is 11.0. The molecule has 0 amide bonds. The molecule has 0 spiro atoms. The van der Waals surface area contributed by atoms with E-state index < -0.39 is 0 Å².